The molecule has 9 rings (SSSR count). The van der Waals surface area contributed by atoms with Crippen LogP contribution in [0, 0.1) is 0 Å². The van der Waals surface area contributed by atoms with Crippen LogP contribution in [0.25, 0.3) is 27.5 Å². The molecule has 62 heavy (non-hydrogen) atoms. The van der Waals surface area contributed by atoms with Gasteiger partial charge in [0, 0.05) is 38.9 Å². The SMILES string of the molecule is CC(C)(C)c1ccc(N2c3ccc(C(C)(C)C)cc3B3c4ccc(-n5c6ccc(C(C)(C)C)cc6c6cc(C(C)(C)C)ccc65)cc4C(C)(C)c4c(C(C)(C)C)ccc2c43)cc1. The van der Waals surface area contributed by atoms with Gasteiger partial charge >= 0.3 is 0 Å². The van der Waals surface area contributed by atoms with Gasteiger partial charge in [0.05, 0.1) is 11.0 Å². The van der Waals surface area contributed by atoms with E-state index >= 15 is 0 Å². The van der Waals surface area contributed by atoms with E-state index in [1.807, 2.05) is 0 Å². The predicted molar refractivity (Wildman–Crippen MR) is 272 cm³/mol. The summed E-state index contributed by atoms with van der Waals surface area (Å²) in [5, 5.41) is 2.65. The quantitative estimate of drug-likeness (QED) is 0.158. The van der Waals surface area contributed by atoms with Gasteiger partial charge in [0.15, 0.2) is 0 Å². The van der Waals surface area contributed by atoms with Crippen LogP contribution in [-0.2, 0) is 32.5 Å². The van der Waals surface area contributed by atoms with Crippen molar-refractivity contribution in [2.45, 2.75) is 150 Å². The molecule has 2 nitrogen and oxygen atoms in total. The van der Waals surface area contributed by atoms with Crippen molar-refractivity contribution in [3.05, 3.63) is 148 Å². The third-order valence-electron chi connectivity index (χ3n) is 14.4. The minimum Gasteiger partial charge on any atom is -0.312 e. The van der Waals surface area contributed by atoms with E-state index in [1.54, 1.807) is 0 Å². The van der Waals surface area contributed by atoms with E-state index in [0.29, 0.717) is 0 Å². The molecular weight excluding hydrogens is 747 g/mol. The molecule has 0 saturated carbocycles. The lowest BCUT2D eigenvalue weighted by molar-refractivity contribution is 0.552. The van der Waals surface area contributed by atoms with Crippen molar-refractivity contribution < 1.29 is 0 Å². The standard InChI is InChI=1S/C59H69BN2/c1-54(2,3)36-18-23-40(24-19-36)61-50-30-22-39(57(10,11)12)34-47(50)60-46-27-25-41(35-45(46)59(16,17)52-44(58(13,14)15)26-31-51(61)53(52)60)62-48-28-20-37(55(4,5)6)32-42(48)43-33-38(56(7,8)9)21-29-49(43)62/h18-35H,1-17H3. The van der Waals surface area contributed by atoms with E-state index in [9.17, 15) is 0 Å². The first-order valence-electron chi connectivity index (χ1n) is 23.1. The highest BCUT2D eigenvalue weighted by Crippen LogP contribution is 2.47. The molecule has 318 valence electrons. The van der Waals surface area contributed by atoms with Gasteiger partial charge in [-0.05, 0) is 138 Å². The smallest absolute Gasteiger partial charge is 0.247 e. The van der Waals surface area contributed by atoms with Crippen LogP contribution in [0.4, 0.5) is 17.1 Å². The highest BCUT2D eigenvalue weighted by atomic mass is 15.2. The molecule has 0 spiro atoms. The van der Waals surface area contributed by atoms with Crippen molar-refractivity contribution in [2.75, 3.05) is 4.90 Å². The molecule has 0 bridgehead atoms. The zero-order valence-corrected chi connectivity index (χ0v) is 40.9. The van der Waals surface area contributed by atoms with Crippen molar-refractivity contribution in [1.29, 1.82) is 0 Å². The first kappa shape index (κ1) is 42.3. The molecule has 7 aromatic rings. The maximum atomic E-state index is 2.57. The lowest BCUT2D eigenvalue weighted by Gasteiger charge is -2.48. The lowest BCUT2D eigenvalue weighted by Crippen LogP contribution is -2.64. The largest absolute Gasteiger partial charge is 0.312 e. The van der Waals surface area contributed by atoms with Gasteiger partial charge in [0.1, 0.15) is 0 Å². The van der Waals surface area contributed by atoms with Crippen LogP contribution in [0.1, 0.15) is 157 Å². The van der Waals surface area contributed by atoms with Crippen LogP contribution in [0.15, 0.2) is 109 Å². The topological polar surface area (TPSA) is 8.17 Å². The zero-order chi connectivity index (χ0) is 44.9. The molecule has 0 unspecified atom stereocenters. The van der Waals surface area contributed by atoms with Crippen LogP contribution < -0.4 is 21.3 Å². The van der Waals surface area contributed by atoms with E-state index in [0.717, 1.165) is 0 Å². The van der Waals surface area contributed by atoms with Crippen molar-refractivity contribution >= 4 is 62.0 Å². The van der Waals surface area contributed by atoms with E-state index in [2.05, 4.69) is 236 Å². The van der Waals surface area contributed by atoms with E-state index in [1.165, 1.54) is 99.9 Å². The van der Waals surface area contributed by atoms with Gasteiger partial charge in [0.25, 0.3) is 0 Å². The number of hydrogen-bond donors (Lipinski definition) is 0. The summed E-state index contributed by atoms with van der Waals surface area (Å²) < 4.78 is 2.55. The number of hydrogen-bond acceptors (Lipinski definition) is 1. The van der Waals surface area contributed by atoms with Gasteiger partial charge in [-0.2, -0.15) is 0 Å². The van der Waals surface area contributed by atoms with E-state index in [4.69, 9.17) is 0 Å². The Labute approximate surface area is 373 Å². The molecular formula is C59H69BN2. The summed E-state index contributed by atoms with van der Waals surface area (Å²) in [4.78, 5) is 2.57. The highest BCUT2D eigenvalue weighted by Gasteiger charge is 2.48. The molecule has 1 aromatic heterocycles. The second-order valence-corrected chi connectivity index (χ2v) is 24.5. The van der Waals surface area contributed by atoms with Gasteiger partial charge in [0.2, 0.25) is 6.71 Å². The summed E-state index contributed by atoms with van der Waals surface area (Å²) in [6.07, 6.45) is 0. The first-order valence-corrected chi connectivity index (χ1v) is 23.1. The molecule has 0 N–H and O–H groups in total. The molecule has 0 saturated heterocycles. The summed E-state index contributed by atoms with van der Waals surface area (Å²) in [6.45, 7) is 40.2. The van der Waals surface area contributed by atoms with Crippen LogP contribution in [0.2, 0.25) is 0 Å². The molecule has 0 fully saturated rings. The summed E-state index contributed by atoms with van der Waals surface area (Å²) in [7, 11) is 0. The molecule has 0 amide bonds. The minimum absolute atomic E-state index is 0.00144. The number of anilines is 3. The Bertz CT molecular complexity index is 2870. The molecule has 2 aliphatic heterocycles. The fraction of sp³-hybridized carbons (Fsp3) is 0.390. The number of aromatic nitrogens is 1. The van der Waals surface area contributed by atoms with Gasteiger partial charge in [-0.15, -0.1) is 0 Å². The van der Waals surface area contributed by atoms with Gasteiger partial charge in [-0.3, -0.25) is 0 Å². The maximum absolute atomic E-state index is 2.57. The molecule has 2 aliphatic rings. The monoisotopic (exact) mass is 817 g/mol. The van der Waals surface area contributed by atoms with Crippen LogP contribution in [-0.4, -0.2) is 11.3 Å². The Balaban J connectivity index is 1.35. The normalized spacial score (nSPS) is 15.2. The average molecular weight is 817 g/mol. The van der Waals surface area contributed by atoms with Crippen molar-refractivity contribution in [2.24, 2.45) is 0 Å². The Morgan fingerprint density at radius 1 is 0.419 bits per heavy atom. The van der Waals surface area contributed by atoms with Gasteiger partial charge in [-0.1, -0.05) is 172 Å². The molecule has 0 atom stereocenters. The number of rotatable bonds is 2. The van der Waals surface area contributed by atoms with Crippen molar-refractivity contribution in [3.8, 4) is 5.69 Å². The molecule has 0 aliphatic carbocycles. The van der Waals surface area contributed by atoms with Crippen LogP contribution in [0.5, 0.6) is 0 Å². The second kappa shape index (κ2) is 13.5. The molecule has 3 heteroatoms. The summed E-state index contributed by atoms with van der Waals surface area (Å²) in [6, 6.07) is 43.5. The number of fused-ring (bicyclic) bond motifs is 7. The van der Waals surface area contributed by atoms with Crippen LogP contribution in [0.3, 0.4) is 0 Å². The van der Waals surface area contributed by atoms with Crippen molar-refractivity contribution in [1.82, 2.24) is 4.57 Å². The molecule has 6 aromatic carbocycles. The Hall–Kier alpha value is -5.02. The number of nitrogens with zero attached hydrogens (tertiary/aromatic N) is 2. The zero-order valence-electron chi connectivity index (χ0n) is 40.9. The Morgan fingerprint density at radius 3 is 1.40 bits per heavy atom. The Kier molecular flexibility index (Phi) is 9.21. The average Bonchev–Trinajstić information content (AvgIpc) is 3.50. The van der Waals surface area contributed by atoms with Crippen LogP contribution >= 0.6 is 0 Å². The van der Waals surface area contributed by atoms with E-state index < -0.39 is 0 Å². The van der Waals surface area contributed by atoms with Crippen molar-refractivity contribution in [3.63, 3.8) is 0 Å². The predicted octanol–water partition coefficient (Wildman–Crippen LogP) is 14.2. The van der Waals surface area contributed by atoms with Gasteiger partial charge in [-0.25, -0.2) is 0 Å². The maximum Gasteiger partial charge on any atom is 0.247 e. The summed E-state index contributed by atoms with van der Waals surface area (Å²) in [5.74, 6) is 0. The highest BCUT2D eigenvalue weighted by molar-refractivity contribution is 6.99. The first-order chi connectivity index (χ1) is 28.7. The fourth-order valence-electron chi connectivity index (χ4n) is 10.7. The number of benzene rings is 6. The molecule has 0 radical (unpaired) electrons. The minimum atomic E-state index is -0.283. The lowest BCUT2D eigenvalue weighted by atomic mass is 9.29. The Morgan fingerprint density at radius 2 is 0.887 bits per heavy atom. The summed E-state index contributed by atoms with van der Waals surface area (Å²) in [5.41, 5.74) is 21.4. The van der Waals surface area contributed by atoms with E-state index in [-0.39, 0.29) is 39.2 Å². The molecule has 3 heterocycles. The second-order valence-electron chi connectivity index (χ2n) is 24.5. The summed E-state index contributed by atoms with van der Waals surface area (Å²) >= 11 is 0. The third kappa shape index (κ3) is 6.59. The third-order valence-corrected chi connectivity index (χ3v) is 14.4. The fourth-order valence-corrected chi connectivity index (χ4v) is 10.7. The van der Waals surface area contributed by atoms with Gasteiger partial charge < -0.3 is 9.47 Å².